The zero-order chi connectivity index (χ0) is 17.8. The monoisotopic (exact) mass is 351 g/mol. The van der Waals surface area contributed by atoms with Gasteiger partial charge in [-0.25, -0.2) is 4.98 Å². The van der Waals surface area contributed by atoms with Crippen LogP contribution in [-0.4, -0.2) is 53.9 Å². The molecule has 4 rings (SSSR count). The van der Waals surface area contributed by atoms with Crippen LogP contribution in [0.2, 0.25) is 0 Å². The largest absolute Gasteiger partial charge is 0.494 e. The highest BCUT2D eigenvalue weighted by Crippen LogP contribution is 2.28. The lowest BCUT2D eigenvalue weighted by Crippen LogP contribution is -2.38. The predicted octanol–water partition coefficient (Wildman–Crippen LogP) is 3.43. The highest BCUT2D eigenvalue weighted by atomic mass is 16.5. The van der Waals surface area contributed by atoms with Crippen LogP contribution in [0, 0.1) is 0 Å². The van der Waals surface area contributed by atoms with Crippen LogP contribution in [0.1, 0.15) is 6.92 Å². The molecule has 0 N–H and O–H groups in total. The second-order valence-corrected chi connectivity index (χ2v) is 6.51. The van der Waals surface area contributed by atoms with Crippen LogP contribution >= 0.6 is 0 Å². The second-order valence-electron chi connectivity index (χ2n) is 6.51. The number of hydrogen-bond acceptors (Lipinski definition) is 4. The minimum atomic E-state index is 0.684. The van der Waals surface area contributed by atoms with E-state index in [-0.39, 0.29) is 0 Å². The van der Waals surface area contributed by atoms with Gasteiger partial charge in [-0.3, -0.25) is 4.90 Å². The van der Waals surface area contributed by atoms with Gasteiger partial charge in [-0.05, 0) is 55.0 Å². The lowest BCUT2D eigenvalue weighted by molar-refractivity contribution is 0.0366. The molecule has 5 heteroatoms. The van der Waals surface area contributed by atoms with E-state index in [0.29, 0.717) is 6.61 Å². The summed E-state index contributed by atoms with van der Waals surface area (Å²) >= 11 is 0. The normalized spacial score (nSPS) is 15.4. The summed E-state index contributed by atoms with van der Waals surface area (Å²) in [7, 11) is 0. The first-order chi connectivity index (χ1) is 12.8. The standard InChI is InChI=1S/C21H25N3O2/c1-2-26-19-7-5-17(6-8-19)20-16-18-4-3-9-22-21(18)24(20)11-10-23-12-14-25-15-13-23/h3-9,16H,2,10-15H2,1H3. The average Bonchev–Trinajstić information content (AvgIpc) is 3.07. The molecule has 3 heterocycles. The molecule has 0 saturated carbocycles. The first-order valence-electron chi connectivity index (χ1n) is 9.33. The fourth-order valence-corrected chi connectivity index (χ4v) is 3.51. The molecule has 1 aliphatic rings. The fourth-order valence-electron chi connectivity index (χ4n) is 3.51. The summed E-state index contributed by atoms with van der Waals surface area (Å²) in [6.45, 7) is 8.28. The molecule has 1 aromatic carbocycles. The molecule has 1 aliphatic heterocycles. The molecule has 0 spiro atoms. The van der Waals surface area contributed by atoms with Crippen LogP contribution in [0.25, 0.3) is 22.3 Å². The van der Waals surface area contributed by atoms with Crippen molar-refractivity contribution in [2.75, 3.05) is 39.5 Å². The van der Waals surface area contributed by atoms with Crippen LogP contribution in [0.4, 0.5) is 0 Å². The van der Waals surface area contributed by atoms with Crippen LogP contribution in [0.3, 0.4) is 0 Å². The molecule has 0 amide bonds. The van der Waals surface area contributed by atoms with E-state index >= 15 is 0 Å². The van der Waals surface area contributed by atoms with E-state index in [0.717, 1.165) is 50.8 Å². The van der Waals surface area contributed by atoms with Gasteiger partial charge in [-0.15, -0.1) is 0 Å². The van der Waals surface area contributed by atoms with Gasteiger partial charge in [0.15, 0.2) is 0 Å². The third-order valence-corrected chi connectivity index (χ3v) is 4.86. The Morgan fingerprint density at radius 2 is 1.88 bits per heavy atom. The zero-order valence-electron chi connectivity index (χ0n) is 15.2. The summed E-state index contributed by atoms with van der Waals surface area (Å²) in [5.41, 5.74) is 3.44. The Morgan fingerprint density at radius 3 is 2.65 bits per heavy atom. The van der Waals surface area contributed by atoms with Gasteiger partial charge in [0.05, 0.1) is 25.5 Å². The Balaban J connectivity index is 1.64. The van der Waals surface area contributed by atoms with Crippen molar-refractivity contribution < 1.29 is 9.47 Å². The van der Waals surface area contributed by atoms with E-state index < -0.39 is 0 Å². The summed E-state index contributed by atoms with van der Waals surface area (Å²) < 4.78 is 13.4. The minimum absolute atomic E-state index is 0.684. The quantitative estimate of drug-likeness (QED) is 0.682. The lowest BCUT2D eigenvalue weighted by Gasteiger charge is -2.27. The SMILES string of the molecule is CCOc1ccc(-c2cc3cccnc3n2CCN2CCOCC2)cc1. The van der Waals surface area contributed by atoms with Crippen molar-refractivity contribution in [2.45, 2.75) is 13.5 Å². The van der Waals surface area contributed by atoms with Crippen molar-refractivity contribution in [3.05, 3.63) is 48.7 Å². The fraction of sp³-hybridized carbons (Fsp3) is 0.381. The van der Waals surface area contributed by atoms with Crippen molar-refractivity contribution in [3.8, 4) is 17.0 Å². The molecular weight excluding hydrogens is 326 g/mol. The molecule has 26 heavy (non-hydrogen) atoms. The average molecular weight is 351 g/mol. The van der Waals surface area contributed by atoms with Crippen molar-refractivity contribution in [1.82, 2.24) is 14.5 Å². The molecular formula is C21H25N3O2. The van der Waals surface area contributed by atoms with Crippen molar-refractivity contribution in [1.29, 1.82) is 0 Å². The van der Waals surface area contributed by atoms with E-state index in [1.54, 1.807) is 0 Å². The number of pyridine rings is 1. The summed E-state index contributed by atoms with van der Waals surface area (Å²) in [5.74, 6) is 0.908. The molecule has 0 atom stereocenters. The zero-order valence-corrected chi connectivity index (χ0v) is 15.2. The Morgan fingerprint density at radius 1 is 1.08 bits per heavy atom. The number of fused-ring (bicyclic) bond motifs is 1. The first kappa shape index (κ1) is 17.1. The van der Waals surface area contributed by atoms with Crippen molar-refractivity contribution in [3.63, 3.8) is 0 Å². The van der Waals surface area contributed by atoms with E-state index in [1.165, 1.54) is 16.6 Å². The highest BCUT2D eigenvalue weighted by Gasteiger charge is 2.15. The topological polar surface area (TPSA) is 39.5 Å². The van der Waals surface area contributed by atoms with E-state index in [9.17, 15) is 0 Å². The van der Waals surface area contributed by atoms with Gasteiger partial charge < -0.3 is 14.0 Å². The minimum Gasteiger partial charge on any atom is -0.494 e. The number of morpholine rings is 1. The Hall–Kier alpha value is -2.37. The second kappa shape index (κ2) is 7.89. The molecule has 5 nitrogen and oxygen atoms in total. The van der Waals surface area contributed by atoms with Crippen LogP contribution in [0.5, 0.6) is 5.75 Å². The van der Waals surface area contributed by atoms with Crippen LogP contribution < -0.4 is 4.74 Å². The number of ether oxygens (including phenoxy) is 2. The Labute approximate surface area is 154 Å². The van der Waals surface area contributed by atoms with Gasteiger partial charge in [-0.2, -0.15) is 0 Å². The van der Waals surface area contributed by atoms with Gasteiger partial charge in [0.1, 0.15) is 11.4 Å². The van der Waals surface area contributed by atoms with Crippen LogP contribution in [0.15, 0.2) is 48.7 Å². The molecule has 0 bridgehead atoms. The van der Waals surface area contributed by atoms with E-state index in [4.69, 9.17) is 9.47 Å². The molecule has 1 saturated heterocycles. The maximum atomic E-state index is 5.58. The summed E-state index contributed by atoms with van der Waals surface area (Å²) in [6, 6.07) is 14.7. The third kappa shape index (κ3) is 3.59. The maximum Gasteiger partial charge on any atom is 0.140 e. The number of nitrogens with zero attached hydrogens (tertiary/aromatic N) is 3. The summed E-state index contributed by atoms with van der Waals surface area (Å²) in [5, 5.41) is 1.18. The molecule has 3 aromatic rings. The molecule has 0 radical (unpaired) electrons. The summed E-state index contributed by atoms with van der Waals surface area (Å²) in [6.07, 6.45) is 1.87. The van der Waals surface area contributed by atoms with Crippen molar-refractivity contribution >= 4 is 11.0 Å². The molecule has 136 valence electrons. The van der Waals surface area contributed by atoms with Crippen molar-refractivity contribution in [2.24, 2.45) is 0 Å². The number of hydrogen-bond donors (Lipinski definition) is 0. The lowest BCUT2D eigenvalue weighted by atomic mass is 10.1. The maximum absolute atomic E-state index is 5.58. The Kier molecular flexibility index (Phi) is 5.18. The van der Waals surface area contributed by atoms with E-state index in [2.05, 4.69) is 38.7 Å². The van der Waals surface area contributed by atoms with Gasteiger partial charge >= 0.3 is 0 Å². The molecule has 0 unspecified atom stereocenters. The smallest absolute Gasteiger partial charge is 0.140 e. The van der Waals surface area contributed by atoms with E-state index in [1.807, 2.05) is 31.3 Å². The number of aromatic nitrogens is 2. The third-order valence-electron chi connectivity index (χ3n) is 4.86. The molecule has 0 aliphatic carbocycles. The first-order valence-corrected chi connectivity index (χ1v) is 9.33. The molecule has 1 fully saturated rings. The van der Waals surface area contributed by atoms with Gasteiger partial charge in [0.2, 0.25) is 0 Å². The highest BCUT2D eigenvalue weighted by molar-refractivity contribution is 5.84. The van der Waals surface area contributed by atoms with Gasteiger partial charge in [0.25, 0.3) is 0 Å². The predicted molar refractivity (Wildman–Crippen MR) is 104 cm³/mol. The van der Waals surface area contributed by atoms with Crippen LogP contribution in [-0.2, 0) is 11.3 Å². The summed E-state index contributed by atoms with van der Waals surface area (Å²) in [4.78, 5) is 7.09. The number of rotatable bonds is 6. The van der Waals surface area contributed by atoms with Gasteiger partial charge in [-0.1, -0.05) is 0 Å². The molecule has 2 aromatic heterocycles. The van der Waals surface area contributed by atoms with Gasteiger partial charge in [0, 0.05) is 37.8 Å². The number of benzene rings is 1. The Bertz CT molecular complexity index is 851.